The van der Waals surface area contributed by atoms with Crippen molar-refractivity contribution in [3.63, 3.8) is 0 Å². The van der Waals surface area contributed by atoms with Crippen LogP contribution in [0, 0.1) is 6.92 Å². The standard InChI is InChI=1S/C31H37Cl2N3O6S/c1-7-21(3)34-31(38)22(4)35(18-23-10-14-26(32)27(33)16-23)30(37)19-36(28-17-24(41-5)11-15-29(28)42-6)43(39,40)25-12-8-20(2)9-13-25/h8-17,21-22H,7,18-19H2,1-6H3,(H,34,38)/t21-,22-/m1/s1. The van der Waals surface area contributed by atoms with Crippen molar-refractivity contribution in [2.45, 2.75) is 57.6 Å². The van der Waals surface area contributed by atoms with Crippen LogP contribution in [0.5, 0.6) is 11.5 Å². The summed E-state index contributed by atoms with van der Waals surface area (Å²) in [5.74, 6) is -0.433. The number of nitrogens with one attached hydrogen (secondary N) is 1. The number of aryl methyl sites for hydroxylation is 1. The van der Waals surface area contributed by atoms with Gasteiger partial charge in [0.1, 0.15) is 24.1 Å². The maximum absolute atomic E-state index is 14.2. The van der Waals surface area contributed by atoms with Gasteiger partial charge in [-0.25, -0.2) is 8.42 Å². The molecule has 2 amide bonds. The summed E-state index contributed by atoms with van der Waals surface area (Å²) < 4.78 is 40.1. The normalized spacial score (nSPS) is 12.7. The van der Waals surface area contributed by atoms with Gasteiger partial charge in [-0.3, -0.25) is 13.9 Å². The molecule has 0 spiro atoms. The molecule has 9 nitrogen and oxygen atoms in total. The quantitative estimate of drug-likeness (QED) is 0.249. The van der Waals surface area contributed by atoms with Crippen LogP contribution in [0.2, 0.25) is 10.0 Å². The summed E-state index contributed by atoms with van der Waals surface area (Å²) in [6.45, 7) is 6.57. The summed E-state index contributed by atoms with van der Waals surface area (Å²) >= 11 is 12.3. The van der Waals surface area contributed by atoms with E-state index in [0.717, 1.165) is 9.87 Å². The van der Waals surface area contributed by atoms with Gasteiger partial charge in [-0.2, -0.15) is 0 Å². The number of carbonyl (C=O) groups excluding carboxylic acids is 2. The van der Waals surface area contributed by atoms with Crippen molar-refractivity contribution >= 4 is 50.7 Å². The zero-order valence-corrected chi connectivity index (χ0v) is 27.4. The second-order valence-electron chi connectivity index (χ2n) is 10.1. The van der Waals surface area contributed by atoms with E-state index in [1.807, 2.05) is 20.8 Å². The molecule has 0 radical (unpaired) electrons. The molecule has 232 valence electrons. The average Bonchev–Trinajstić information content (AvgIpc) is 2.99. The zero-order valence-electron chi connectivity index (χ0n) is 25.1. The minimum Gasteiger partial charge on any atom is -0.497 e. The number of methoxy groups -OCH3 is 2. The molecule has 0 fully saturated rings. The van der Waals surface area contributed by atoms with Crippen LogP contribution in [-0.2, 0) is 26.2 Å². The van der Waals surface area contributed by atoms with Gasteiger partial charge in [0.15, 0.2) is 0 Å². The number of sulfonamides is 1. The number of halogens is 2. The van der Waals surface area contributed by atoms with E-state index in [1.165, 1.54) is 37.3 Å². The third-order valence-electron chi connectivity index (χ3n) is 7.05. The molecule has 43 heavy (non-hydrogen) atoms. The van der Waals surface area contributed by atoms with E-state index in [4.69, 9.17) is 32.7 Å². The van der Waals surface area contributed by atoms with Crippen LogP contribution in [0.3, 0.4) is 0 Å². The summed E-state index contributed by atoms with van der Waals surface area (Å²) in [4.78, 5) is 28.7. The molecule has 0 heterocycles. The smallest absolute Gasteiger partial charge is 0.264 e. The SMILES string of the molecule is CC[C@@H](C)NC(=O)[C@@H](C)N(Cc1ccc(Cl)c(Cl)c1)C(=O)CN(c1cc(OC)ccc1OC)S(=O)(=O)c1ccc(C)cc1. The van der Waals surface area contributed by atoms with E-state index in [-0.39, 0.29) is 39.8 Å². The molecule has 3 aromatic carbocycles. The van der Waals surface area contributed by atoms with Crippen LogP contribution < -0.4 is 19.1 Å². The van der Waals surface area contributed by atoms with Crippen molar-refractivity contribution in [2.24, 2.45) is 0 Å². The molecule has 0 aliphatic rings. The molecule has 0 aliphatic carbocycles. The van der Waals surface area contributed by atoms with Crippen molar-refractivity contribution in [3.8, 4) is 11.5 Å². The molecular formula is C31H37Cl2N3O6S. The Morgan fingerprint density at radius 3 is 2.19 bits per heavy atom. The number of benzene rings is 3. The van der Waals surface area contributed by atoms with Gasteiger partial charge in [0.2, 0.25) is 11.8 Å². The first-order valence-corrected chi connectivity index (χ1v) is 15.9. The monoisotopic (exact) mass is 649 g/mol. The van der Waals surface area contributed by atoms with Crippen molar-refractivity contribution in [3.05, 3.63) is 81.8 Å². The topological polar surface area (TPSA) is 105 Å². The number of hydrogen-bond acceptors (Lipinski definition) is 6. The molecule has 1 N–H and O–H groups in total. The Balaban J connectivity index is 2.13. The first-order chi connectivity index (χ1) is 20.3. The second kappa shape index (κ2) is 14.8. The summed E-state index contributed by atoms with van der Waals surface area (Å²) in [7, 11) is -1.44. The van der Waals surface area contributed by atoms with E-state index in [0.29, 0.717) is 22.8 Å². The van der Waals surface area contributed by atoms with Crippen molar-refractivity contribution in [1.29, 1.82) is 0 Å². The second-order valence-corrected chi connectivity index (χ2v) is 12.8. The molecule has 12 heteroatoms. The third kappa shape index (κ3) is 8.34. The molecule has 3 rings (SSSR count). The van der Waals surface area contributed by atoms with Crippen LogP contribution >= 0.6 is 23.2 Å². The van der Waals surface area contributed by atoms with E-state index in [1.54, 1.807) is 49.4 Å². The lowest BCUT2D eigenvalue weighted by molar-refractivity contribution is -0.139. The minimum absolute atomic E-state index is 0.0191. The van der Waals surface area contributed by atoms with E-state index < -0.39 is 28.5 Å². The van der Waals surface area contributed by atoms with Gasteiger partial charge in [-0.1, -0.05) is 53.9 Å². The maximum Gasteiger partial charge on any atom is 0.264 e. The Labute approximate surface area is 263 Å². The predicted molar refractivity (Wildman–Crippen MR) is 170 cm³/mol. The minimum atomic E-state index is -4.30. The Hall–Kier alpha value is -3.47. The van der Waals surface area contributed by atoms with Crippen molar-refractivity contribution < 1.29 is 27.5 Å². The van der Waals surface area contributed by atoms with Crippen LogP contribution in [0.1, 0.15) is 38.3 Å². The number of ether oxygens (including phenoxy) is 2. The number of rotatable bonds is 13. The fraction of sp³-hybridized carbons (Fsp3) is 0.355. The number of anilines is 1. The number of hydrogen-bond donors (Lipinski definition) is 1. The number of nitrogens with zero attached hydrogens (tertiary/aromatic N) is 2. The highest BCUT2D eigenvalue weighted by atomic mass is 35.5. The van der Waals surface area contributed by atoms with E-state index in [9.17, 15) is 18.0 Å². The molecule has 0 unspecified atom stereocenters. The largest absolute Gasteiger partial charge is 0.497 e. The number of amides is 2. The molecule has 3 aromatic rings. The van der Waals surface area contributed by atoms with Crippen LogP contribution in [0.15, 0.2) is 65.6 Å². The first-order valence-electron chi connectivity index (χ1n) is 13.7. The summed E-state index contributed by atoms with van der Waals surface area (Å²) in [6, 6.07) is 14.8. The van der Waals surface area contributed by atoms with Crippen LogP contribution in [0.25, 0.3) is 0 Å². The van der Waals surface area contributed by atoms with Crippen LogP contribution in [-0.4, -0.2) is 58.0 Å². The Morgan fingerprint density at radius 2 is 1.60 bits per heavy atom. The number of carbonyl (C=O) groups is 2. The highest BCUT2D eigenvalue weighted by Gasteiger charge is 2.34. The predicted octanol–water partition coefficient (Wildman–Crippen LogP) is 5.85. The fourth-order valence-electron chi connectivity index (χ4n) is 4.23. The van der Waals surface area contributed by atoms with Gasteiger partial charge >= 0.3 is 0 Å². The summed E-state index contributed by atoms with van der Waals surface area (Å²) in [5, 5.41) is 3.53. The van der Waals surface area contributed by atoms with E-state index in [2.05, 4.69) is 5.32 Å². The Bertz CT molecular complexity index is 1550. The lowest BCUT2D eigenvalue weighted by Gasteiger charge is -2.33. The van der Waals surface area contributed by atoms with Gasteiger partial charge in [0.05, 0.1) is 34.8 Å². The molecule has 0 bridgehead atoms. The average molecular weight is 651 g/mol. The highest BCUT2D eigenvalue weighted by Crippen LogP contribution is 2.36. The lowest BCUT2D eigenvalue weighted by Crippen LogP contribution is -2.52. The van der Waals surface area contributed by atoms with E-state index >= 15 is 0 Å². The molecule has 0 saturated heterocycles. The molecule has 0 saturated carbocycles. The Kier molecular flexibility index (Phi) is 11.7. The molecule has 0 aliphatic heterocycles. The molecule has 2 atom stereocenters. The molecule has 0 aromatic heterocycles. The fourth-order valence-corrected chi connectivity index (χ4v) is 5.96. The summed E-state index contributed by atoms with van der Waals surface area (Å²) in [5.41, 5.74) is 1.58. The Morgan fingerprint density at radius 1 is 0.930 bits per heavy atom. The third-order valence-corrected chi connectivity index (χ3v) is 9.56. The maximum atomic E-state index is 14.2. The first kappa shape index (κ1) is 34.0. The van der Waals surface area contributed by atoms with Gasteiger partial charge < -0.3 is 19.7 Å². The van der Waals surface area contributed by atoms with Gasteiger partial charge in [0.25, 0.3) is 10.0 Å². The van der Waals surface area contributed by atoms with Gasteiger partial charge in [-0.05, 0) is 69.2 Å². The molecular weight excluding hydrogens is 613 g/mol. The zero-order chi connectivity index (χ0) is 31.9. The van der Waals surface area contributed by atoms with Gasteiger partial charge in [0, 0.05) is 18.7 Å². The summed E-state index contributed by atoms with van der Waals surface area (Å²) in [6.07, 6.45) is 0.692. The lowest BCUT2D eigenvalue weighted by atomic mass is 10.1. The van der Waals surface area contributed by atoms with Gasteiger partial charge in [-0.15, -0.1) is 0 Å². The van der Waals surface area contributed by atoms with Crippen molar-refractivity contribution in [2.75, 3.05) is 25.1 Å². The highest BCUT2D eigenvalue weighted by molar-refractivity contribution is 7.92. The van der Waals surface area contributed by atoms with Crippen molar-refractivity contribution in [1.82, 2.24) is 10.2 Å². The van der Waals surface area contributed by atoms with Crippen LogP contribution in [0.4, 0.5) is 5.69 Å².